The number of hydrogen-bond donors (Lipinski definition) is 5. The van der Waals surface area contributed by atoms with Crippen LogP contribution in [0, 0.1) is 0 Å². The highest BCUT2D eigenvalue weighted by Gasteiger charge is 2.28. The Morgan fingerprint density at radius 1 is 0.462 bits per heavy atom. The fraction of sp³-hybridized carbons (Fsp3) is 0.848. The van der Waals surface area contributed by atoms with Crippen LogP contribution in [0.1, 0.15) is 219 Å². The van der Waals surface area contributed by atoms with E-state index < -0.39 is 36.9 Å². The highest BCUT2D eigenvalue weighted by molar-refractivity contribution is 5.80. The minimum Gasteiger partial charge on any atom is -0.394 e. The SMILES string of the molecule is CCCCCCCC/C=C\CCCCC(O)C(=O)NC(CO)C(O)C(O)CCC/C=C/CC/C=C/CCCCCCCCCCCCCCCCC. The van der Waals surface area contributed by atoms with E-state index in [1.165, 1.54) is 141 Å². The fourth-order valence-electron chi connectivity index (χ4n) is 6.71. The maximum Gasteiger partial charge on any atom is 0.249 e. The van der Waals surface area contributed by atoms with Crippen LogP contribution in [0.5, 0.6) is 0 Å². The predicted octanol–water partition coefficient (Wildman–Crippen LogP) is 11.7. The van der Waals surface area contributed by atoms with Crippen LogP contribution in [0.4, 0.5) is 0 Å². The van der Waals surface area contributed by atoms with Crippen LogP contribution < -0.4 is 5.32 Å². The van der Waals surface area contributed by atoms with Crippen molar-refractivity contribution in [3.8, 4) is 0 Å². The number of unbranched alkanes of at least 4 members (excludes halogenated alkanes) is 25. The standard InChI is InChI=1S/C46H87NO5/c1-3-5-7-9-11-13-15-17-18-19-20-21-22-23-24-25-26-27-28-30-31-33-35-37-39-43(49)45(51)42(41-48)47-46(52)44(50)40-38-36-34-32-29-16-14-12-10-8-6-4-2/h26-27,29,31-33,42-45,48-51H,3-25,28,30,34-41H2,1-2H3,(H,47,52)/b27-26+,32-29-,33-31+. The summed E-state index contributed by atoms with van der Waals surface area (Å²) in [6.45, 7) is 4.01. The molecule has 0 heterocycles. The van der Waals surface area contributed by atoms with E-state index in [2.05, 4.69) is 55.6 Å². The molecule has 0 aromatic rings. The lowest BCUT2D eigenvalue weighted by Crippen LogP contribution is -2.53. The molecule has 5 N–H and O–H groups in total. The zero-order valence-electron chi connectivity index (χ0n) is 34.3. The molecule has 0 saturated carbocycles. The maximum atomic E-state index is 12.5. The molecule has 0 aliphatic rings. The van der Waals surface area contributed by atoms with Crippen molar-refractivity contribution in [2.75, 3.05) is 6.61 Å². The van der Waals surface area contributed by atoms with Gasteiger partial charge in [-0.15, -0.1) is 0 Å². The second-order valence-electron chi connectivity index (χ2n) is 15.4. The van der Waals surface area contributed by atoms with Gasteiger partial charge in [-0.05, 0) is 77.0 Å². The first-order chi connectivity index (χ1) is 25.5. The zero-order chi connectivity index (χ0) is 38.2. The molecule has 52 heavy (non-hydrogen) atoms. The molecule has 1 amide bonds. The smallest absolute Gasteiger partial charge is 0.249 e. The Morgan fingerprint density at radius 3 is 1.21 bits per heavy atom. The Bertz CT molecular complexity index is 828. The van der Waals surface area contributed by atoms with Crippen molar-refractivity contribution in [3.63, 3.8) is 0 Å². The summed E-state index contributed by atoms with van der Waals surface area (Å²) in [6, 6.07) is -1.02. The quantitative estimate of drug-likeness (QED) is 0.0318. The monoisotopic (exact) mass is 734 g/mol. The summed E-state index contributed by atoms with van der Waals surface area (Å²) in [5, 5.41) is 43.5. The Hall–Kier alpha value is -1.47. The normalized spacial score (nSPS) is 14.5. The highest BCUT2D eigenvalue weighted by atomic mass is 16.3. The molecule has 0 aliphatic carbocycles. The van der Waals surface area contributed by atoms with E-state index in [-0.39, 0.29) is 0 Å². The number of aliphatic hydroxyl groups is 4. The molecule has 6 heteroatoms. The first-order valence-electron chi connectivity index (χ1n) is 22.4. The second-order valence-corrected chi connectivity index (χ2v) is 15.4. The van der Waals surface area contributed by atoms with Gasteiger partial charge in [-0.25, -0.2) is 0 Å². The summed E-state index contributed by atoms with van der Waals surface area (Å²) in [4.78, 5) is 12.5. The third kappa shape index (κ3) is 34.3. The predicted molar refractivity (Wildman–Crippen MR) is 224 cm³/mol. The topological polar surface area (TPSA) is 110 Å². The molecule has 6 nitrogen and oxygen atoms in total. The summed E-state index contributed by atoms with van der Waals surface area (Å²) in [7, 11) is 0. The van der Waals surface area contributed by atoms with Crippen molar-refractivity contribution in [1.29, 1.82) is 0 Å². The summed E-state index contributed by atoms with van der Waals surface area (Å²) in [5.41, 5.74) is 0. The van der Waals surface area contributed by atoms with Crippen molar-refractivity contribution in [2.45, 2.75) is 244 Å². The van der Waals surface area contributed by atoms with Crippen molar-refractivity contribution >= 4 is 5.91 Å². The van der Waals surface area contributed by atoms with Crippen molar-refractivity contribution in [3.05, 3.63) is 36.5 Å². The van der Waals surface area contributed by atoms with Gasteiger partial charge in [-0.1, -0.05) is 179 Å². The molecule has 0 radical (unpaired) electrons. The van der Waals surface area contributed by atoms with Gasteiger partial charge in [0.2, 0.25) is 5.91 Å². The highest BCUT2D eigenvalue weighted by Crippen LogP contribution is 2.15. The maximum absolute atomic E-state index is 12.5. The van der Waals surface area contributed by atoms with Crippen LogP contribution in [0.3, 0.4) is 0 Å². The third-order valence-corrected chi connectivity index (χ3v) is 10.3. The molecule has 0 aromatic heterocycles. The lowest BCUT2D eigenvalue weighted by molar-refractivity contribution is -0.132. The van der Waals surface area contributed by atoms with E-state index in [1.807, 2.05) is 0 Å². The van der Waals surface area contributed by atoms with Gasteiger partial charge >= 0.3 is 0 Å². The molecule has 0 bridgehead atoms. The van der Waals surface area contributed by atoms with Gasteiger partial charge in [-0.2, -0.15) is 0 Å². The van der Waals surface area contributed by atoms with Crippen LogP contribution in [0.15, 0.2) is 36.5 Å². The first-order valence-corrected chi connectivity index (χ1v) is 22.4. The van der Waals surface area contributed by atoms with Gasteiger partial charge in [0.15, 0.2) is 0 Å². The van der Waals surface area contributed by atoms with Gasteiger partial charge in [0, 0.05) is 0 Å². The van der Waals surface area contributed by atoms with Crippen molar-refractivity contribution in [2.24, 2.45) is 0 Å². The van der Waals surface area contributed by atoms with E-state index in [0.717, 1.165) is 38.5 Å². The van der Waals surface area contributed by atoms with E-state index >= 15 is 0 Å². The van der Waals surface area contributed by atoms with Crippen LogP contribution in [0.2, 0.25) is 0 Å². The number of rotatable bonds is 40. The number of allylic oxidation sites excluding steroid dienone is 6. The number of amides is 1. The summed E-state index contributed by atoms with van der Waals surface area (Å²) in [5.74, 6) is -0.615. The largest absolute Gasteiger partial charge is 0.394 e. The number of aliphatic hydroxyl groups excluding tert-OH is 4. The van der Waals surface area contributed by atoms with Crippen molar-refractivity contribution in [1.82, 2.24) is 5.32 Å². The van der Waals surface area contributed by atoms with Gasteiger partial charge in [0.1, 0.15) is 12.2 Å². The molecule has 0 aliphatic heterocycles. The number of hydrogen-bond acceptors (Lipinski definition) is 5. The molecule has 306 valence electrons. The zero-order valence-corrected chi connectivity index (χ0v) is 34.3. The molecule has 4 atom stereocenters. The van der Waals surface area contributed by atoms with E-state index in [1.54, 1.807) is 0 Å². The minimum atomic E-state index is -1.29. The average Bonchev–Trinajstić information content (AvgIpc) is 3.15. The molecule has 0 fully saturated rings. The molecular weight excluding hydrogens is 647 g/mol. The lowest BCUT2D eigenvalue weighted by Gasteiger charge is -2.27. The van der Waals surface area contributed by atoms with E-state index in [0.29, 0.717) is 25.7 Å². The van der Waals surface area contributed by atoms with E-state index in [9.17, 15) is 25.2 Å². The van der Waals surface area contributed by atoms with Gasteiger partial charge < -0.3 is 25.7 Å². The second kappa shape index (κ2) is 40.7. The van der Waals surface area contributed by atoms with Gasteiger partial charge in [-0.3, -0.25) is 4.79 Å². The first kappa shape index (κ1) is 50.5. The van der Waals surface area contributed by atoms with Crippen LogP contribution in [-0.4, -0.2) is 57.3 Å². The third-order valence-electron chi connectivity index (χ3n) is 10.3. The van der Waals surface area contributed by atoms with Crippen LogP contribution in [0.25, 0.3) is 0 Å². The average molecular weight is 734 g/mol. The molecule has 4 unspecified atom stereocenters. The molecule has 0 saturated heterocycles. The molecule has 0 spiro atoms. The number of carbonyl (C=O) groups excluding carboxylic acids is 1. The van der Waals surface area contributed by atoms with Crippen LogP contribution >= 0.6 is 0 Å². The Morgan fingerprint density at radius 2 is 0.808 bits per heavy atom. The number of carbonyl (C=O) groups is 1. The van der Waals surface area contributed by atoms with Gasteiger partial charge in [0.25, 0.3) is 0 Å². The van der Waals surface area contributed by atoms with E-state index in [4.69, 9.17) is 0 Å². The summed E-state index contributed by atoms with van der Waals surface area (Å²) < 4.78 is 0. The van der Waals surface area contributed by atoms with Crippen molar-refractivity contribution < 1.29 is 25.2 Å². The van der Waals surface area contributed by atoms with Crippen LogP contribution in [-0.2, 0) is 4.79 Å². The van der Waals surface area contributed by atoms with Gasteiger partial charge in [0.05, 0.1) is 18.8 Å². The molecule has 0 rings (SSSR count). The minimum absolute atomic E-state index is 0.329. The fourth-order valence-corrected chi connectivity index (χ4v) is 6.71. The Balaban J connectivity index is 3.78. The lowest BCUT2D eigenvalue weighted by atomic mass is 10.00. The Kier molecular flexibility index (Phi) is 39.6. The summed E-state index contributed by atoms with van der Waals surface area (Å²) >= 11 is 0. The number of nitrogens with one attached hydrogen (secondary N) is 1. The molecule has 0 aromatic carbocycles. The summed E-state index contributed by atoms with van der Waals surface area (Å²) in [6.07, 6.45) is 47.6. The molecular formula is C46H87NO5. The Labute approximate surface area is 322 Å².